The van der Waals surface area contributed by atoms with Gasteiger partial charge in [-0.1, -0.05) is 18.2 Å². The Morgan fingerprint density at radius 1 is 1.08 bits per heavy atom. The van der Waals surface area contributed by atoms with Gasteiger partial charge in [0.25, 0.3) is 0 Å². The summed E-state index contributed by atoms with van der Waals surface area (Å²) >= 11 is 1.39. The van der Waals surface area contributed by atoms with E-state index in [-0.39, 0.29) is 30.7 Å². The lowest BCUT2D eigenvalue weighted by atomic mass is 9.69. The number of nitrogens with zero attached hydrogens (tertiary/aromatic N) is 1. The highest BCUT2D eigenvalue weighted by Gasteiger charge is 2.50. The molecule has 5 rings (SSSR count). The minimum atomic E-state index is -1.11. The standard InChI is InChI=1S/C29H25F2NO5S/c1-3-37-29(35)27-20(24-5-4-12-38-24)14-23-26(28(27)34)19(16-6-9-18(36-2)10-7-16)15-25(33)32(23)22-11-8-17(30)13-21(22)31/h4-13,19-20,27H,3,14-15H2,1-2H3/t19-,20+,27-/m0/s1. The lowest BCUT2D eigenvalue weighted by Gasteiger charge is -2.42. The molecule has 0 spiro atoms. The summed E-state index contributed by atoms with van der Waals surface area (Å²) < 4.78 is 39.3. The summed E-state index contributed by atoms with van der Waals surface area (Å²) in [5, 5.41) is 1.84. The van der Waals surface area contributed by atoms with E-state index in [0.29, 0.717) is 23.1 Å². The number of esters is 1. The Morgan fingerprint density at radius 2 is 1.84 bits per heavy atom. The first-order chi connectivity index (χ1) is 18.3. The number of hydrogen-bond acceptors (Lipinski definition) is 6. The predicted octanol–water partition coefficient (Wildman–Crippen LogP) is 5.75. The van der Waals surface area contributed by atoms with Gasteiger partial charge in [-0.2, -0.15) is 0 Å². The Bertz CT molecular complexity index is 1420. The van der Waals surface area contributed by atoms with Crippen LogP contribution in [0.2, 0.25) is 0 Å². The van der Waals surface area contributed by atoms with Crippen LogP contribution in [0.5, 0.6) is 5.75 Å². The van der Waals surface area contributed by atoms with Crippen molar-refractivity contribution < 1.29 is 32.6 Å². The van der Waals surface area contributed by atoms with E-state index in [0.717, 1.165) is 10.9 Å². The zero-order chi connectivity index (χ0) is 27.0. The van der Waals surface area contributed by atoms with Crippen LogP contribution in [-0.2, 0) is 19.1 Å². The van der Waals surface area contributed by atoms with Gasteiger partial charge in [0.1, 0.15) is 23.3 Å². The highest BCUT2D eigenvalue weighted by molar-refractivity contribution is 7.10. The lowest BCUT2D eigenvalue weighted by molar-refractivity contribution is -0.152. The summed E-state index contributed by atoms with van der Waals surface area (Å²) in [5.74, 6) is -4.97. The SMILES string of the molecule is CCOC(=O)[C@@H]1C(=O)C2=C(C[C@@H]1c1cccs1)N(c1ccc(F)cc1F)C(=O)C[C@H]2c1ccc(OC)cc1. The molecule has 0 bridgehead atoms. The molecule has 2 aliphatic rings. The summed E-state index contributed by atoms with van der Waals surface area (Å²) in [4.78, 5) is 43.0. The third kappa shape index (κ3) is 4.51. The minimum Gasteiger partial charge on any atom is -0.497 e. The summed E-state index contributed by atoms with van der Waals surface area (Å²) in [7, 11) is 1.54. The van der Waals surface area contributed by atoms with Gasteiger partial charge in [-0.3, -0.25) is 19.3 Å². The second-order valence-corrected chi connectivity index (χ2v) is 10.1. The maximum absolute atomic E-state index is 15.0. The molecule has 6 nitrogen and oxygen atoms in total. The van der Waals surface area contributed by atoms with Gasteiger partial charge in [-0.05, 0) is 54.6 Å². The Kier molecular flexibility index (Phi) is 7.12. The number of ether oxygens (including phenoxy) is 2. The monoisotopic (exact) mass is 537 g/mol. The van der Waals surface area contributed by atoms with Crippen LogP contribution >= 0.6 is 11.3 Å². The Morgan fingerprint density at radius 3 is 2.47 bits per heavy atom. The van der Waals surface area contributed by atoms with Crippen molar-refractivity contribution in [2.75, 3.05) is 18.6 Å². The predicted molar refractivity (Wildman–Crippen MR) is 138 cm³/mol. The Hall–Kier alpha value is -3.85. The first-order valence-corrected chi connectivity index (χ1v) is 13.1. The fraction of sp³-hybridized carbons (Fsp3) is 0.276. The van der Waals surface area contributed by atoms with Crippen molar-refractivity contribution in [3.63, 3.8) is 0 Å². The fourth-order valence-corrected chi connectivity index (χ4v) is 6.23. The quantitative estimate of drug-likeness (QED) is 0.296. The molecule has 1 aromatic heterocycles. The van der Waals surface area contributed by atoms with Crippen LogP contribution in [0.25, 0.3) is 0 Å². The normalized spacial score (nSPS) is 21.4. The lowest BCUT2D eigenvalue weighted by Crippen LogP contribution is -2.46. The second-order valence-electron chi connectivity index (χ2n) is 9.14. The van der Waals surface area contributed by atoms with Gasteiger partial charge in [0.15, 0.2) is 5.78 Å². The number of methoxy groups -OCH3 is 1. The number of Topliss-reactive ketones (excluding diaryl/α,β-unsaturated/α-hetero) is 1. The van der Waals surface area contributed by atoms with Crippen LogP contribution in [0.1, 0.15) is 42.0 Å². The van der Waals surface area contributed by atoms with Gasteiger partial charge in [-0.15, -0.1) is 11.3 Å². The third-order valence-electron chi connectivity index (χ3n) is 7.04. The number of thiophene rings is 1. The Labute approximate surface area is 222 Å². The van der Waals surface area contributed by atoms with Crippen LogP contribution in [-0.4, -0.2) is 31.4 Å². The van der Waals surface area contributed by atoms with Crippen molar-refractivity contribution >= 4 is 34.7 Å². The number of anilines is 1. The number of carbonyl (C=O) groups is 3. The van der Waals surface area contributed by atoms with Crippen LogP contribution in [0, 0.1) is 17.6 Å². The molecule has 9 heteroatoms. The van der Waals surface area contributed by atoms with E-state index in [1.165, 1.54) is 29.4 Å². The van der Waals surface area contributed by atoms with E-state index in [9.17, 15) is 18.8 Å². The molecule has 0 N–H and O–H groups in total. The maximum Gasteiger partial charge on any atom is 0.317 e. The largest absolute Gasteiger partial charge is 0.497 e. The van der Waals surface area contributed by atoms with E-state index in [1.807, 2.05) is 17.5 Å². The number of allylic oxidation sites excluding steroid dienone is 2. The van der Waals surface area contributed by atoms with Gasteiger partial charge in [0, 0.05) is 40.5 Å². The number of carbonyl (C=O) groups excluding carboxylic acids is 3. The van der Waals surface area contributed by atoms with E-state index >= 15 is 4.39 Å². The summed E-state index contributed by atoms with van der Waals surface area (Å²) in [6, 6.07) is 13.6. The van der Waals surface area contributed by atoms with Crippen molar-refractivity contribution in [2.24, 2.45) is 5.92 Å². The second kappa shape index (κ2) is 10.5. The molecule has 38 heavy (non-hydrogen) atoms. The highest BCUT2D eigenvalue weighted by Crippen LogP contribution is 2.50. The zero-order valence-corrected chi connectivity index (χ0v) is 21.6. The number of benzene rings is 2. The molecule has 0 fully saturated rings. The molecular formula is C29H25F2NO5S. The molecule has 3 aromatic rings. The van der Waals surface area contributed by atoms with Gasteiger partial charge < -0.3 is 9.47 Å². The van der Waals surface area contributed by atoms with Crippen molar-refractivity contribution in [3.8, 4) is 5.75 Å². The van der Waals surface area contributed by atoms with Crippen LogP contribution in [0.3, 0.4) is 0 Å². The highest BCUT2D eigenvalue weighted by atomic mass is 32.1. The van der Waals surface area contributed by atoms with E-state index in [1.54, 1.807) is 31.2 Å². The molecule has 3 atom stereocenters. The van der Waals surface area contributed by atoms with E-state index in [2.05, 4.69) is 0 Å². The van der Waals surface area contributed by atoms with Gasteiger partial charge in [0.2, 0.25) is 5.91 Å². The molecule has 0 radical (unpaired) electrons. The smallest absolute Gasteiger partial charge is 0.317 e. The first kappa shape index (κ1) is 25.8. The first-order valence-electron chi connectivity index (χ1n) is 12.2. The number of amides is 1. The fourth-order valence-electron chi connectivity index (χ4n) is 5.37. The van der Waals surface area contributed by atoms with Gasteiger partial charge >= 0.3 is 5.97 Å². The number of halogens is 2. The van der Waals surface area contributed by atoms with Crippen molar-refractivity contribution in [1.29, 1.82) is 0 Å². The van der Waals surface area contributed by atoms with Gasteiger partial charge in [-0.25, -0.2) is 8.78 Å². The molecule has 2 heterocycles. The molecule has 1 aliphatic heterocycles. The Balaban J connectivity index is 1.72. The number of rotatable bonds is 6. The summed E-state index contributed by atoms with van der Waals surface area (Å²) in [6.45, 7) is 1.79. The van der Waals surface area contributed by atoms with Crippen molar-refractivity contribution in [3.05, 3.63) is 93.3 Å². The summed E-state index contributed by atoms with van der Waals surface area (Å²) in [6.07, 6.45) is -0.00673. The molecule has 196 valence electrons. The van der Waals surface area contributed by atoms with E-state index in [4.69, 9.17) is 9.47 Å². The molecule has 0 saturated carbocycles. The third-order valence-corrected chi connectivity index (χ3v) is 8.04. The average molecular weight is 538 g/mol. The van der Waals surface area contributed by atoms with Crippen molar-refractivity contribution in [2.45, 2.75) is 31.6 Å². The maximum atomic E-state index is 15.0. The zero-order valence-electron chi connectivity index (χ0n) is 20.8. The molecular weight excluding hydrogens is 512 g/mol. The van der Waals surface area contributed by atoms with E-state index < -0.39 is 47.0 Å². The molecule has 1 amide bonds. The van der Waals surface area contributed by atoms with Crippen LogP contribution < -0.4 is 9.64 Å². The topological polar surface area (TPSA) is 72.9 Å². The summed E-state index contributed by atoms with van der Waals surface area (Å²) in [5.41, 5.74) is 1.14. The van der Waals surface area contributed by atoms with Crippen LogP contribution in [0.4, 0.5) is 14.5 Å². The van der Waals surface area contributed by atoms with Crippen LogP contribution in [0.15, 0.2) is 71.2 Å². The number of ketones is 1. The molecule has 2 aromatic carbocycles. The molecule has 1 aliphatic carbocycles. The average Bonchev–Trinajstić information content (AvgIpc) is 3.44. The van der Waals surface area contributed by atoms with Crippen molar-refractivity contribution in [1.82, 2.24) is 0 Å². The van der Waals surface area contributed by atoms with Gasteiger partial charge in [0.05, 0.1) is 19.4 Å². The minimum absolute atomic E-state index is 0.110. The molecule has 0 saturated heterocycles. The molecule has 0 unspecified atom stereocenters. The number of hydrogen-bond donors (Lipinski definition) is 0.